The van der Waals surface area contributed by atoms with Crippen molar-refractivity contribution < 1.29 is 8.42 Å². The van der Waals surface area contributed by atoms with Crippen molar-refractivity contribution in [2.24, 2.45) is 5.73 Å². The van der Waals surface area contributed by atoms with Gasteiger partial charge in [-0.2, -0.15) is 0 Å². The first-order valence-corrected chi connectivity index (χ1v) is 6.90. The molecular formula is C11H18N2O2S. The average Bonchev–Trinajstić information content (AvgIpc) is 2.17. The predicted molar refractivity (Wildman–Crippen MR) is 67.0 cm³/mol. The molecule has 0 aliphatic heterocycles. The van der Waals surface area contributed by atoms with Crippen molar-refractivity contribution in [3.63, 3.8) is 0 Å². The molecule has 0 fully saturated rings. The number of hydrogen-bond donors (Lipinski definition) is 2. The summed E-state index contributed by atoms with van der Waals surface area (Å²) < 4.78 is 25.5. The second-order valence-corrected chi connectivity index (χ2v) is 5.83. The van der Waals surface area contributed by atoms with Crippen LogP contribution in [0.25, 0.3) is 0 Å². The van der Waals surface area contributed by atoms with Crippen LogP contribution in [0.3, 0.4) is 0 Å². The molecule has 0 aliphatic rings. The molecule has 16 heavy (non-hydrogen) atoms. The van der Waals surface area contributed by atoms with E-state index >= 15 is 0 Å². The molecule has 0 unspecified atom stereocenters. The summed E-state index contributed by atoms with van der Waals surface area (Å²) in [5.74, 6) is 0.317. The van der Waals surface area contributed by atoms with E-state index in [2.05, 4.69) is 18.6 Å². The minimum absolute atomic E-state index is 0.0566. The number of nitrogens with two attached hydrogens (primary N) is 1. The number of nitrogens with one attached hydrogen (secondary N) is 1. The Bertz CT molecular complexity index is 441. The second kappa shape index (κ2) is 5.32. The maximum Gasteiger partial charge on any atom is 0.233 e. The Morgan fingerprint density at radius 2 is 2.06 bits per heavy atom. The van der Waals surface area contributed by atoms with Gasteiger partial charge in [-0.15, -0.1) is 0 Å². The zero-order chi connectivity index (χ0) is 12.2. The number of rotatable bonds is 5. The van der Waals surface area contributed by atoms with Gasteiger partial charge in [-0.1, -0.05) is 26.0 Å². The van der Waals surface area contributed by atoms with Crippen LogP contribution in [-0.4, -0.2) is 20.7 Å². The Kier molecular flexibility index (Phi) is 4.32. The number of hydrogen-bond acceptors (Lipinski definition) is 3. The van der Waals surface area contributed by atoms with Crippen molar-refractivity contribution in [1.29, 1.82) is 0 Å². The number of anilines is 1. The SMILES string of the molecule is CC(C)c1cccc(NS(=O)(=O)CCN)c1. The standard InChI is InChI=1S/C11H18N2O2S/c1-9(2)10-4-3-5-11(8-10)13-16(14,15)7-6-12/h3-5,8-9,13H,6-7,12H2,1-2H3. The van der Waals surface area contributed by atoms with Crippen LogP contribution in [0.2, 0.25) is 0 Å². The molecule has 4 nitrogen and oxygen atoms in total. The van der Waals surface area contributed by atoms with Crippen LogP contribution in [0.5, 0.6) is 0 Å². The zero-order valence-corrected chi connectivity index (χ0v) is 10.4. The van der Waals surface area contributed by atoms with E-state index in [0.29, 0.717) is 11.6 Å². The van der Waals surface area contributed by atoms with E-state index in [4.69, 9.17) is 5.73 Å². The summed E-state index contributed by atoms with van der Waals surface area (Å²) in [5, 5.41) is 0. The highest BCUT2D eigenvalue weighted by Crippen LogP contribution is 2.19. The third-order valence-corrected chi connectivity index (χ3v) is 3.53. The molecule has 0 aliphatic carbocycles. The summed E-state index contributed by atoms with van der Waals surface area (Å²) in [4.78, 5) is 0. The minimum Gasteiger partial charge on any atom is -0.329 e. The van der Waals surface area contributed by atoms with Gasteiger partial charge in [0.1, 0.15) is 0 Å². The van der Waals surface area contributed by atoms with E-state index in [0.717, 1.165) is 5.56 Å². The van der Waals surface area contributed by atoms with Crippen LogP contribution in [0, 0.1) is 0 Å². The summed E-state index contributed by atoms with van der Waals surface area (Å²) in [6.07, 6.45) is 0. The molecular weight excluding hydrogens is 224 g/mol. The third kappa shape index (κ3) is 3.83. The molecule has 5 heteroatoms. The van der Waals surface area contributed by atoms with Crippen molar-refractivity contribution in [1.82, 2.24) is 0 Å². The molecule has 0 heterocycles. The minimum atomic E-state index is -3.30. The van der Waals surface area contributed by atoms with Crippen LogP contribution >= 0.6 is 0 Å². The van der Waals surface area contributed by atoms with E-state index in [1.54, 1.807) is 6.07 Å². The lowest BCUT2D eigenvalue weighted by molar-refractivity contribution is 0.601. The molecule has 0 saturated carbocycles. The third-order valence-electron chi connectivity index (χ3n) is 2.21. The maximum atomic E-state index is 11.5. The Labute approximate surface area is 96.9 Å². The lowest BCUT2D eigenvalue weighted by Crippen LogP contribution is -2.22. The second-order valence-electron chi connectivity index (χ2n) is 3.99. The molecule has 90 valence electrons. The van der Waals surface area contributed by atoms with E-state index in [9.17, 15) is 8.42 Å². The normalized spacial score (nSPS) is 11.8. The fourth-order valence-corrected chi connectivity index (χ4v) is 2.25. The van der Waals surface area contributed by atoms with Gasteiger partial charge in [-0.3, -0.25) is 4.72 Å². The van der Waals surface area contributed by atoms with Gasteiger partial charge in [0.05, 0.1) is 5.75 Å². The molecule has 1 rings (SSSR count). The Hall–Kier alpha value is -1.07. The monoisotopic (exact) mass is 242 g/mol. The quantitative estimate of drug-likeness (QED) is 0.822. The van der Waals surface area contributed by atoms with Gasteiger partial charge in [0, 0.05) is 12.2 Å². The van der Waals surface area contributed by atoms with Crippen LogP contribution in [0.1, 0.15) is 25.3 Å². The van der Waals surface area contributed by atoms with Crippen molar-refractivity contribution >= 4 is 15.7 Å². The van der Waals surface area contributed by atoms with Gasteiger partial charge < -0.3 is 5.73 Å². The van der Waals surface area contributed by atoms with Crippen LogP contribution < -0.4 is 10.5 Å². The summed E-state index contributed by atoms with van der Waals surface area (Å²) in [6, 6.07) is 7.40. The molecule has 0 spiro atoms. The van der Waals surface area contributed by atoms with Crippen LogP contribution in [0.15, 0.2) is 24.3 Å². The Morgan fingerprint density at radius 3 is 2.62 bits per heavy atom. The first-order valence-electron chi connectivity index (χ1n) is 5.25. The Balaban J connectivity index is 2.86. The average molecular weight is 242 g/mol. The largest absolute Gasteiger partial charge is 0.329 e. The van der Waals surface area contributed by atoms with Crippen LogP contribution in [0.4, 0.5) is 5.69 Å². The molecule has 0 amide bonds. The van der Waals surface area contributed by atoms with Gasteiger partial charge in [0.15, 0.2) is 0 Å². The van der Waals surface area contributed by atoms with Gasteiger partial charge in [0.25, 0.3) is 0 Å². The summed E-state index contributed by atoms with van der Waals surface area (Å²) in [7, 11) is -3.30. The van der Waals surface area contributed by atoms with E-state index < -0.39 is 10.0 Å². The highest BCUT2D eigenvalue weighted by atomic mass is 32.2. The number of sulfonamides is 1. The fraction of sp³-hybridized carbons (Fsp3) is 0.455. The van der Waals surface area contributed by atoms with Crippen LogP contribution in [-0.2, 0) is 10.0 Å². The molecule has 0 aromatic heterocycles. The predicted octanol–water partition coefficient (Wildman–Crippen LogP) is 1.51. The van der Waals surface area contributed by atoms with E-state index in [1.165, 1.54) is 0 Å². The van der Waals surface area contributed by atoms with Crippen molar-refractivity contribution in [2.75, 3.05) is 17.0 Å². The van der Waals surface area contributed by atoms with Crippen molar-refractivity contribution in [2.45, 2.75) is 19.8 Å². The first kappa shape index (κ1) is 13.0. The van der Waals surface area contributed by atoms with Gasteiger partial charge in [-0.05, 0) is 23.6 Å². The van der Waals surface area contributed by atoms with Gasteiger partial charge in [0.2, 0.25) is 10.0 Å². The molecule has 0 saturated heterocycles. The molecule has 0 atom stereocenters. The summed E-state index contributed by atoms with van der Waals surface area (Å²) in [5.41, 5.74) is 6.93. The Morgan fingerprint density at radius 1 is 1.38 bits per heavy atom. The van der Waals surface area contributed by atoms with E-state index in [-0.39, 0.29) is 12.3 Å². The maximum absolute atomic E-state index is 11.5. The molecule has 3 N–H and O–H groups in total. The molecule has 0 bridgehead atoms. The number of benzene rings is 1. The highest BCUT2D eigenvalue weighted by Gasteiger charge is 2.09. The smallest absolute Gasteiger partial charge is 0.233 e. The lowest BCUT2D eigenvalue weighted by Gasteiger charge is -2.10. The van der Waals surface area contributed by atoms with E-state index in [1.807, 2.05) is 18.2 Å². The molecule has 1 aromatic rings. The molecule has 0 radical (unpaired) electrons. The zero-order valence-electron chi connectivity index (χ0n) is 9.60. The topological polar surface area (TPSA) is 72.2 Å². The summed E-state index contributed by atoms with van der Waals surface area (Å²) in [6.45, 7) is 4.25. The summed E-state index contributed by atoms with van der Waals surface area (Å²) >= 11 is 0. The highest BCUT2D eigenvalue weighted by molar-refractivity contribution is 7.92. The lowest BCUT2D eigenvalue weighted by atomic mass is 10.0. The van der Waals surface area contributed by atoms with Gasteiger partial charge in [-0.25, -0.2) is 8.42 Å². The van der Waals surface area contributed by atoms with Crippen molar-refractivity contribution in [3.05, 3.63) is 29.8 Å². The van der Waals surface area contributed by atoms with Gasteiger partial charge >= 0.3 is 0 Å². The van der Waals surface area contributed by atoms with Crippen molar-refractivity contribution in [3.8, 4) is 0 Å². The molecule has 1 aromatic carbocycles. The first-order chi connectivity index (χ1) is 7.44. The fourth-order valence-electron chi connectivity index (χ4n) is 1.35.